The maximum atomic E-state index is 6.39. The van der Waals surface area contributed by atoms with Crippen LogP contribution in [0.25, 0.3) is 0 Å². The molecule has 2 aliphatic rings. The second kappa shape index (κ2) is 5.37. The third-order valence-electron chi connectivity index (χ3n) is 3.74. The van der Waals surface area contributed by atoms with Gasteiger partial charge in [-0.2, -0.15) is 5.10 Å². The van der Waals surface area contributed by atoms with Crippen molar-refractivity contribution in [1.82, 2.24) is 5.43 Å². The van der Waals surface area contributed by atoms with Crippen LogP contribution in [0.4, 0.5) is 5.00 Å². The summed E-state index contributed by atoms with van der Waals surface area (Å²) in [7, 11) is 0. The number of nitrogens with one attached hydrogen (secondary N) is 1. The van der Waals surface area contributed by atoms with Crippen LogP contribution in [0, 0.1) is 0 Å². The van der Waals surface area contributed by atoms with Crippen molar-refractivity contribution in [1.29, 1.82) is 0 Å². The van der Waals surface area contributed by atoms with Gasteiger partial charge in [0, 0.05) is 16.1 Å². The van der Waals surface area contributed by atoms with E-state index in [4.69, 9.17) is 16.6 Å². The Morgan fingerprint density at radius 3 is 3.00 bits per heavy atom. The number of nitrogens with zero attached hydrogens (tertiary/aromatic N) is 3. The number of hydrogen-bond acceptors (Lipinski definition) is 5. The van der Waals surface area contributed by atoms with Gasteiger partial charge in [-0.25, -0.2) is 0 Å². The van der Waals surface area contributed by atoms with E-state index in [1.54, 1.807) is 11.3 Å². The zero-order valence-electron chi connectivity index (χ0n) is 11.7. The van der Waals surface area contributed by atoms with Gasteiger partial charge in [-0.05, 0) is 35.0 Å². The van der Waals surface area contributed by atoms with E-state index in [1.165, 1.54) is 0 Å². The van der Waals surface area contributed by atoms with Crippen LogP contribution in [0.1, 0.15) is 18.1 Å². The normalized spacial score (nSPS) is 19.8. The Bertz CT molecular complexity index is 814. The molecular formula is C15H12BrClN4S. The van der Waals surface area contributed by atoms with Crippen molar-refractivity contribution in [2.45, 2.75) is 13.1 Å². The number of aliphatic imine (C=N–C) groups is 1. The fourth-order valence-electron chi connectivity index (χ4n) is 2.76. The van der Waals surface area contributed by atoms with Crippen LogP contribution < -0.4 is 10.3 Å². The molecule has 2 aliphatic heterocycles. The Labute approximate surface area is 145 Å². The first-order valence-corrected chi connectivity index (χ1v) is 8.82. The molecule has 1 unspecified atom stereocenters. The van der Waals surface area contributed by atoms with Crippen LogP contribution in [0.15, 0.2) is 44.2 Å². The number of halogens is 2. The largest absolute Gasteiger partial charge is 0.295 e. The summed E-state index contributed by atoms with van der Waals surface area (Å²) in [6, 6.07) is 9.95. The number of benzene rings is 1. The molecule has 2 aromatic rings. The molecule has 0 spiro atoms. The zero-order chi connectivity index (χ0) is 15.3. The number of rotatable bonds is 1. The first kappa shape index (κ1) is 14.2. The molecule has 1 N–H and O–H groups in total. The molecule has 0 saturated heterocycles. The molecule has 3 heterocycles. The van der Waals surface area contributed by atoms with E-state index < -0.39 is 0 Å². The van der Waals surface area contributed by atoms with Gasteiger partial charge in [0.05, 0.1) is 16.0 Å². The number of thiophene rings is 1. The minimum atomic E-state index is 0.0595. The summed E-state index contributed by atoms with van der Waals surface area (Å²) in [5.41, 5.74) is 6.14. The molecule has 0 fully saturated rings. The third kappa shape index (κ3) is 2.17. The van der Waals surface area contributed by atoms with Gasteiger partial charge < -0.3 is 0 Å². The van der Waals surface area contributed by atoms with Crippen molar-refractivity contribution in [3.05, 3.63) is 50.3 Å². The predicted octanol–water partition coefficient (Wildman–Crippen LogP) is 4.08. The van der Waals surface area contributed by atoms with Crippen LogP contribution in [0.3, 0.4) is 0 Å². The summed E-state index contributed by atoms with van der Waals surface area (Å²) >= 11 is 11.7. The van der Waals surface area contributed by atoms with Gasteiger partial charge in [0.15, 0.2) is 0 Å². The Morgan fingerprint density at radius 1 is 1.36 bits per heavy atom. The summed E-state index contributed by atoms with van der Waals surface area (Å²) in [5.74, 6) is 0.955. The number of fused-ring (bicyclic) bond motifs is 3. The van der Waals surface area contributed by atoms with Crippen LogP contribution in [0.5, 0.6) is 0 Å². The van der Waals surface area contributed by atoms with Crippen molar-refractivity contribution in [3.63, 3.8) is 0 Å². The fourth-order valence-corrected chi connectivity index (χ4v) is 4.66. The summed E-state index contributed by atoms with van der Waals surface area (Å²) in [6.07, 6.45) is 0.0595. The van der Waals surface area contributed by atoms with Gasteiger partial charge >= 0.3 is 0 Å². The lowest BCUT2D eigenvalue weighted by Crippen LogP contribution is -2.41. The summed E-state index contributed by atoms with van der Waals surface area (Å²) in [4.78, 5) is 7.03. The van der Waals surface area contributed by atoms with Crippen LogP contribution in [-0.4, -0.2) is 24.3 Å². The van der Waals surface area contributed by atoms with E-state index in [2.05, 4.69) is 37.4 Å². The highest BCUT2D eigenvalue weighted by molar-refractivity contribution is 9.11. The second-order valence-corrected chi connectivity index (χ2v) is 7.93. The summed E-state index contributed by atoms with van der Waals surface area (Å²) < 4.78 is 1.07. The van der Waals surface area contributed by atoms with Gasteiger partial charge in [0.1, 0.15) is 17.0 Å². The molecule has 22 heavy (non-hydrogen) atoms. The molecule has 4 nitrogen and oxygen atoms in total. The van der Waals surface area contributed by atoms with E-state index >= 15 is 0 Å². The molecule has 0 bridgehead atoms. The van der Waals surface area contributed by atoms with Crippen molar-refractivity contribution in [2.24, 2.45) is 10.1 Å². The highest BCUT2D eigenvalue weighted by Crippen LogP contribution is 2.40. The zero-order valence-corrected chi connectivity index (χ0v) is 14.8. The topological polar surface area (TPSA) is 40.0 Å². The molecule has 0 radical (unpaired) electrons. The predicted molar refractivity (Wildman–Crippen MR) is 96.5 cm³/mol. The Balaban J connectivity index is 1.92. The standard InChI is InChI=1S/C15H12BrClN4S/c1-8-19-20-13-7-18-14(9-4-2-3-5-11(9)17)10-6-12(16)22-15(10)21(8)13/h2-6,13,20H,7H2,1H3. The average Bonchev–Trinajstić information content (AvgIpc) is 3.00. The highest BCUT2D eigenvalue weighted by atomic mass is 79.9. The van der Waals surface area contributed by atoms with E-state index in [0.29, 0.717) is 6.54 Å². The van der Waals surface area contributed by atoms with Gasteiger partial charge in [-0.1, -0.05) is 29.8 Å². The lowest BCUT2D eigenvalue weighted by molar-refractivity contribution is 0.597. The van der Waals surface area contributed by atoms with Crippen molar-refractivity contribution >= 4 is 55.4 Å². The van der Waals surface area contributed by atoms with Crippen LogP contribution in [-0.2, 0) is 0 Å². The molecule has 1 aromatic heterocycles. The minimum Gasteiger partial charge on any atom is -0.295 e. The minimum absolute atomic E-state index is 0.0595. The Kier molecular flexibility index (Phi) is 3.47. The van der Waals surface area contributed by atoms with Crippen molar-refractivity contribution in [2.75, 3.05) is 11.4 Å². The molecule has 0 saturated carbocycles. The fraction of sp³-hybridized carbons (Fsp3) is 0.200. The number of anilines is 1. The highest BCUT2D eigenvalue weighted by Gasteiger charge is 2.33. The SMILES string of the molecule is CC1=NNC2CN=C(c3ccccc3Cl)c3cc(Br)sc3N12. The molecule has 1 atom stereocenters. The maximum absolute atomic E-state index is 6.39. The van der Waals surface area contributed by atoms with E-state index in [9.17, 15) is 0 Å². The number of hydrazone groups is 1. The lowest BCUT2D eigenvalue weighted by atomic mass is 10.0. The monoisotopic (exact) mass is 394 g/mol. The molecule has 1 aromatic carbocycles. The number of amidine groups is 1. The number of hydrogen-bond donors (Lipinski definition) is 1. The smallest absolute Gasteiger partial charge is 0.141 e. The third-order valence-corrected chi connectivity index (χ3v) is 5.71. The quantitative estimate of drug-likeness (QED) is 0.790. The Hall–Kier alpha value is -1.37. The van der Waals surface area contributed by atoms with Crippen LogP contribution >= 0.6 is 38.9 Å². The molecule has 7 heteroatoms. The molecule has 0 amide bonds. The van der Waals surface area contributed by atoms with E-state index in [-0.39, 0.29) is 6.17 Å². The summed E-state index contributed by atoms with van der Waals surface area (Å²) in [6.45, 7) is 2.63. The summed E-state index contributed by atoms with van der Waals surface area (Å²) in [5, 5.41) is 6.19. The van der Waals surface area contributed by atoms with Crippen molar-refractivity contribution in [3.8, 4) is 0 Å². The van der Waals surface area contributed by atoms with Gasteiger partial charge in [0.25, 0.3) is 0 Å². The van der Waals surface area contributed by atoms with Gasteiger partial charge in [-0.3, -0.25) is 15.3 Å². The van der Waals surface area contributed by atoms with Gasteiger partial charge in [0.2, 0.25) is 0 Å². The van der Waals surface area contributed by atoms with E-state index in [0.717, 1.165) is 36.5 Å². The van der Waals surface area contributed by atoms with Crippen molar-refractivity contribution < 1.29 is 0 Å². The first-order chi connectivity index (χ1) is 10.6. The maximum Gasteiger partial charge on any atom is 0.141 e. The average molecular weight is 396 g/mol. The molecule has 4 rings (SSSR count). The van der Waals surface area contributed by atoms with E-state index in [1.807, 2.05) is 31.2 Å². The molecular weight excluding hydrogens is 384 g/mol. The lowest BCUT2D eigenvalue weighted by Gasteiger charge is -2.22. The molecule has 112 valence electrons. The first-order valence-electron chi connectivity index (χ1n) is 6.83. The van der Waals surface area contributed by atoms with Crippen LogP contribution in [0.2, 0.25) is 5.02 Å². The molecule has 0 aliphatic carbocycles. The second-order valence-electron chi connectivity index (χ2n) is 5.11. The van der Waals surface area contributed by atoms with Gasteiger partial charge in [-0.15, -0.1) is 11.3 Å². The Morgan fingerprint density at radius 2 is 2.18 bits per heavy atom.